The molecule has 2 aliphatic heterocycles. The summed E-state index contributed by atoms with van der Waals surface area (Å²) in [4.78, 5) is 29.4. The molecule has 3 aromatic carbocycles. The number of aryl methyl sites for hydroxylation is 1. The zero-order chi connectivity index (χ0) is 24.7. The third kappa shape index (κ3) is 3.31. The molecule has 0 unspecified atom stereocenters. The number of primary amides is 1. The molecule has 0 aromatic heterocycles. The number of methoxy groups -OCH3 is 1. The van der Waals surface area contributed by atoms with Crippen molar-refractivity contribution in [2.45, 2.75) is 24.9 Å². The van der Waals surface area contributed by atoms with Gasteiger partial charge in [0.1, 0.15) is 11.8 Å². The number of ketones is 1. The summed E-state index contributed by atoms with van der Waals surface area (Å²) in [5, 5.41) is 10.6. The van der Waals surface area contributed by atoms with Crippen molar-refractivity contribution in [2.75, 3.05) is 12.0 Å². The Hall–Kier alpha value is -4.37. The Labute approximate surface area is 204 Å². The molecule has 174 valence electrons. The van der Waals surface area contributed by atoms with Crippen LogP contribution in [-0.4, -0.2) is 30.9 Å². The molecule has 0 bridgehead atoms. The molecule has 1 fully saturated rings. The van der Waals surface area contributed by atoms with E-state index >= 15 is 0 Å². The van der Waals surface area contributed by atoms with Gasteiger partial charge in [-0.1, -0.05) is 66.2 Å². The average Bonchev–Trinajstić information content (AvgIpc) is 3.20. The standard InChI is InChI=1S/C29H25N3O3/c1-18-11-13-23-20(15-18)12-14-24-29(17-30,28(31)34)25(19-7-4-3-5-8-19)26(32(23)24)27(33)21-9-6-10-22(16-21)35-2/h3-16,24-26H,1-2H3,(H2,31,34)/t24-,25+,26+,29-/m1/s1. The van der Waals surface area contributed by atoms with Gasteiger partial charge in [0.2, 0.25) is 5.91 Å². The van der Waals surface area contributed by atoms with Crippen LogP contribution in [0.5, 0.6) is 5.75 Å². The van der Waals surface area contributed by atoms with Gasteiger partial charge < -0.3 is 15.4 Å². The van der Waals surface area contributed by atoms with E-state index in [2.05, 4.69) is 6.07 Å². The van der Waals surface area contributed by atoms with Crippen LogP contribution in [0, 0.1) is 23.7 Å². The normalized spacial score (nSPS) is 24.3. The van der Waals surface area contributed by atoms with Crippen LogP contribution >= 0.6 is 0 Å². The van der Waals surface area contributed by atoms with Crippen LogP contribution < -0.4 is 15.4 Å². The molecule has 35 heavy (non-hydrogen) atoms. The first-order chi connectivity index (χ1) is 16.9. The third-order valence-corrected chi connectivity index (χ3v) is 7.17. The summed E-state index contributed by atoms with van der Waals surface area (Å²) >= 11 is 0. The Morgan fingerprint density at radius 2 is 1.83 bits per heavy atom. The first kappa shape index (κ1) is 22.4. The van der Waals surface area contributed by atoms with Gasteiger partial charge in [-0.15, -0.1) is 0 Å². The highest BCUT2D eigenvalue weighted by atomic mass is 16.5. The van der Waals surface area contributed by atoms with Gasteiger partial charge in [0.15, 0.2) is 11.2 Å². The number of Topliss-reactive ketones (excluding diaryl/α,β-unsaturated/α-hetero) is 1. The minimum Gasteiger partial charge on any atom is -0.497 e. The Morgan fingerprint density at radius 1 is 1.06 bits per heavy atom. The Bertz CT molecular complexity index is 1390. The predicted octanol–water partition coefficient (Wildman–Crippen LogP) is 4.25. The molecule has 0 aliphatic carbocycles. The van der Waals surface area contributed by atoms with E-state index in [1.165, 1.54) is 0 Å². The maximum absolute atomic E-state index is 14.3. The van der Waals surface area contributed by atoms with Crippen molar-refractivity contribution >= 4 is 23.5 Å². The molecule has 0 saturated carbocycles. The summed E-state index contributed by atoms with van der Waals surface area (Å²) in [6, 6.07) is 22.9. The third-order valence-electron chi connectivity index (χ3n) is 7.17. The van der Waals surface area contributed by atoms with Crippen molar-refractivity contribution in [3.05, 3.63) is 101 Å². The van der Waals surface area contributed by atoms with Crippen LogP contribution in [0.4, 0.5) is 5.69 Å². The molecule has 0 radical (unpaired) electrons. The van der Waals surface area contributed by atoms with Gasteiger partial charge in [-0.2, -0.15) is 5.26 Å². The molecule has 2 aliphatic rings. The smallest absolute Gasteiger partial charge is 0.241 e. The first-order valence-corrected chi connectivity index (χ1v) is 11.4. The van der Waals surface area contributed by atoms with E-state index < -0.39 is 29.3 Å². The number of benzene rings is 3. The van der Waals surface area contributed by atoms with Crippen LogP contribution in [0.25, 0.3) is 6.08 Å². The summed E-state index contributed by atoms with van der Waals surface area (Å²) in [7, 11) is 1.55. The van der Waals surface area contributed by atoms with E-state index in [1.807, 2.05) is 72.5 Å². The second-order valence-electron chi connectivity index (χ2n) is 9.05. The molecule has 6 nitrogen and oxygen atoms in total. The van der Waals surface area contributed by atoms with E-state index in [0.29, 0.717) is 16.9 Å². The molecule has 4 atom stereocenters. The SMILES string of the molecule is COc1cccc(C(=O)[C@@H]2[C@H](c3ccccc3)[C@](C#N)(C(N)=O)[C@H]3C=Cc4cc(C)ccc4N23)c1. The number of ether oxygens (including phenoxy) is 1. The molecule has 6 heteroatoms. The number of carbonyl (C=O) groups is 2. The summed E-state index contributed by atoms with van der Waals surface area (Å²) in [5.41, 5.74) is 8.31. The van der Waals surface area contributed by atoms with Gasteiger partial charge in [0, 0.05) is 17.2 Å². The fourth-order valence-electron chi connectivity index (χ4n) is 5.59. The van der Waals surface area contributed by atoms with Crippen LogP contribution in [0.2, 0.25) is 0 Å². The fourth-order valence-corrected chi connectivity index (χ4v) is 5.59. The lowest BCUT2D eigenvalue weighted by Crippen LogP contribution is -2.49. The quantitative estimate of drug-likeness (QED) is 0.571. The number of carbonyl (C=O) groups excluding carboxylic acids is 2. The highest BCUT2D eigenvalue weighted by Crippen LogP contribution is 2.55. The molecule has 1 amide bonds. The number of nitrogens with two attached hydrogens (primary N) is 1. The van der Waals surface area contributed by atoms with Crippen LogP contribution in [0.3, 0.4) is 0 Å². The van der Waals surface area contributed by atoms with E-state index in [1.54, 1.807) is 31.4 Å². The largest absolute Gasteiger partial charge is 0.497 e. The van der Waals surface area contributed by atoms with E-state index in [-0.39, 0.29) is 5.78 Å². The zero-order valence-electron chi connectivity index (χ0n) is 19.5. The minimum absolute atomic E-state index is 0.206. The Balaban J connectivity index is 1.80. The lowest BCUT2D eigenvalue weighted by Gasteiger charge is -2.36. The monoisotopic (exact) mass is 463 g/mol. The topological polar surface area (TPSA) is 96.4 Å². The number of anilines is 1. The lowest BCUT2D eigenvalue weighted by atomic mass is 9.67. The molecular formula is C29H25N3O3. The maximum atomic E-state index is 14.3. The van der Waals surface area contributed by atoms with Gasteiger partial charge in [-0.3, -0.25) is 9.59 Å². The van der Waals surface area contributed by atoms with E-state index in [9.17, 15) is 14.9 Å². The Morgan fingerprint density at radius 3 is 2.51 bits per heavy atom. The molecular weight excluding hydrogens is 438 g/mol. The van der Waals surface area contributed by atoms with Crippen molar-refractivity contribution < 1.29 is 14.3 Å². The molecule has 2 N–H and O–H groups in total. The molecule has 1 saturated heterocycles. The summed E-state index contributed by atoms with van der Waals surface area (Å²) in [6.07, 6.45) is 3.75. The number of nitriles is 1. The highest BCUT2D eigenvalue weighted by Gasteiger charge is 2.65. The van der Waals surface area contributed by atoms with Crippen molar-refractivity contribution in [1.29, 1.82) is 5.26 Å². The lowest BCUT2D eigenvalue weighted by molar-refractivity contribution is -0.125. The van der Waals surface area contributed by atoms with Crippen molar-refractivity contribution in [3.63, 3.8) is 0 Å². The number of hydrogen-bond acceptors (Lipinski definition) is 5. The number of hydrogen-bond donors (Lipinski definition) is 1. The first-order valence-electron chi connectivity index (χ1n) is 11.4. The molecule has 3 aromatic rings. The predicted molar refractivity (Wildman–Crippen MR) is 134 cm³/mol. The van der Waals surface area contributed by atoms with Gasteiger partial charge >= 0.3 is 0 Å². The summed E-state index contributed by atoms with van der Waals surface area (Å²) in [6.45, 7) is 2.00. The molecule has 0 spiro atoms. The summed E-state index contributed by atoms with van der Waals surface area (Å²) < 4.78 is 5.35. The number of nitrogens with zero attached hydrogens (tertiary/aromatic N) is 2. The minimum atomic E-state index is -1.65. The van der Waals surface area contributed by atoms with Crippen molar-refractivity contribution in [2.24, 2.45) is 11.1 Å². The van der Waals surface area contributed by atoms with E-state index in [4.69, 9.17) is 10.5 Å². The second-order valence-corrected chi connectivity index (χ2v) is 9.05. The van der Waals surface area contributed by atoms with Crippen molar-refractivity contribution in [3.8, 4) is 11.8 Å². The second kappa shape index (κ2) is 8.44. The highest BCUT2D eigenvalue weighted by molar-refractivity contribution is 6.06. The van der Waals surface area contributed by atoms with Gasteiger partial charge in [0.25, 0.3) is 0 Å². The number of rotatable bonds is 5. The van der Waals surface area contributed by atoms with Gasteiger partial charge in [-0.05, 0) is 42.3 Å². The fraction of sp³-hybridized carbons (Fsp3) is 0.207. The number of amides is 1. The van der Waals surface area contributed by atoms with Gasteiger partial charge in [0.05, 0.1) is 19.2 Å². The summed E-state index contributed by atoms with van der Waals surface area (Å²) in [5.74, 6) is -1.18. The van der Waals surface area contributed by atoms with E-state index in [0.717, 1.165) is 16.8 Å². The van der Waals surface area contributed by atoms with Crippen LogP contribution in [0.1, 0.15) is 33.0 Å². The average molecular weight is 464 g/mol. The van der Waals surface area contributed by atoms with Gasteiger partial charge in [-0.25, -0.2) is 0 Å². The van der Waals surface area contributed by atoms with Crippen LogP contribution in [0.15, 0.2) is 78.9 Å². The molecule has 5 rings (SSSR count). The van der Waals surface area contributed by atoms with Crippen LogP contribution in [-0.2, 0) is 4.79 Å². The van der Waals surface area contributed by atoms with Crippen molar-refractivity contribution in [1.82, 2.24) is 0 Å². The Kier molecular flexibility index (Phi) is 5.41. The molecule has 2 heterocycles. The zero-order valence-corrected chi connectivity index (χ0v) is 19.5. The number of fused-ring (bicyclic) bond motifs is 3. The maximum Gasteiger partial charge on any atom is 0.241 e.